The lowest BCUT2D eigenvalue weighted by Gasteiger charge is -2.35. The topological polar surface area (TPSA) is 69.2 Å². The second-order valence-corrected chi connectivity index (χ2v) is 5.18. The van der Waals surface area contributed by atoms with Gasteiger partial charge in [-0.1, -0.05) is 5.16 Å². The van der Waals surface area contributed by atoms with E-state index in [1.54, 1.807) is 12.3 Å². The Morgan fingerprint density at radius 2 is 2.14 bits per heavy atom. The van der Waals surface area contributed by atoms with Gasteiger partial charge in [0.05, 0.1) is 11.3 Å². The van der Waals surface area contributed by atoms with Crippen LogP contribution in [0.2, 0.25) is 0 Å². The van der Waals surface area contributed by atoms with E-state index in [0.717, 1.165) is 50.0 Å². The molecule has 108 valence electrons. The summed E-state index contributed by atoms with van der Waals surface area (Å²) in [4.78, 5) is 8.85. The molecule has 6 heteroatoms. The van der Waals surface area contributed by atoms with E-state index in [-0.39, 0.29) is 0 Å². The van der Waals surface area contributed by atoms with E-state index >= 15 is 0 Å². The standard InChI is InChI=1S/C15H17N5O/c1-12-9-14(18-21-12)11-19-5-7-20(8-6-19)15-13(10-16)3-2-4-17-15/h2-4,9H,5-8,11H2,1H3. The third-order valence-electron chi connectivity index (χ3n) is 3.64. The van der Waals surface area contributed by atoms with Crippen molar-refractivity contribution < 1.29 is 4.52 Å². The van der Waals surface area contributed by atoms with Crippen LogP contribution in [0.1, 0.15) is 17.0 Å². The van der Waals surface area contributed by atoms with Gasteiger partial charge in [-0.05, 0) is 19.1 Å². The number of piperazine rings is 1. The molecule has 0 amide bonds. The summed E-state index contributed by atoms with van der Waals surface area (Å²) in [5, 5.41) is 13.2. The number of nitriles is 1. The zero-order valence-corrected chi connectivity index (χ0v) is 12.0. The van der Waals surface area contributed by atoms with E-state index in [4.69, 9.17) is 9.78 Å². The Hall–Kier alpha value is -2.39. The first-order chi connectivity index (χ1) is 10.3. The fraction of sp³-hybridized carbons (Fsp3) is 0.400. The van der Waals surface area contributed by atoms with Crippen LogP contribution in [0.5, 0.6) is 0 Å². The van der Waals surface area contributed by atoms with Crippen LogP contribution in [-0.4, -0.2) is 41.2 Å². The van der Waals surface area contributed by atoms with Crippen molar-refractivity contribution in [2.75, 3.05) is 31.1 Å². The molecule has 1 fully saturated rings. The minimum atomic E-state index is 0.637. The Morgan fingerprint density at radius 3 is 2.81 bits per heavy atom. The summed E-state index contributed by atoms with van der Waals surface area (Å²) in [5.74, 6) is 1.63. The molecule has 0 aliphatic carbocycles. The van der Waals surface area contributed by atoms with Gasteiger partial charge in [-0.15, -0.1) is 0 Å². The van der Waals surface area contributed by atoms with Crippen LogP contribution in [0.15, 0.2) is 28.9 Å². The summed E-state index contributed by atoms with van der Waals surface area (Å²) < 4.78 is 5.09. The molecule has 3 rings (SSSR count). The maximum Gasteiger partial charge on any atom is 0.146 e. The highest BCUT2D eigenvalue weighted by Crippen LogP contribution is 2.18. The lowest BCUT2D eigenvalue weighted by Crippen LogP contribution is -2.46. The van der Waals surface area contributed by atoms with Crippen molar-refractivity contribution in [2.45, 2.75) is 13.5 Å². The van der Waals surface area contributed by atoms with Crippen LogP contribution in [0.3, 0.4) is 0 Å². The predicted molar refractivity (Wildman–Crippen MR) is 77.7 cm³/mol. The number of hydrogen-bond acceptors (Lipinski definition) is 6. The van der Waals surface area contributed by atoms with Crippen LogP contribution in [0, 0.1) is 18.3 Å². The van der Waals surface area contributed by atoms with Gasteiger partial charge in [0.2, 0.25) is 0 Å². The predicted octanol–water partition coefficient (Wildman–Crippen LogP) is 1.57. The average Bonchev–Trinajstić information content (AvgIpc) is 2.93. The number of aromatic nitrogens is 2. The molecule has 2 aromatic heterocycles. The van der Waals surface area contributed by atoms with Gasteiger partial charge in [0.1, 0.15) is 17.6 Å². The molecule has 0 aromatic carbocycles. The zero-order chi connectivity index (χ0) is 14.7. The number of pyridine rings is 1. The Balaban J connectivity index is 1.61. The van der Waals surface area contributed by atoms with Crippen molar-refractivity contribution in [3.05, 3.63) is 41.4 Å². The highest BCUT2D eigenvalue weighted by atomic mass is 16.5. The van der Waals surface area contributed by atoms with E-state index in [1.807, 2.05) is 19.1 Å². The molecule has 1 aliphatic rings. The molecule has 0 spiro atoms. The number of rotatable bonds is 3. The molecule has 0 radical (unpaired) electrons. The molecule has 2 aromatic rings. The lowest BCUT2D eigenvalue weighted by atomic mass is 10.2. The molecule has 0 bridgehead atoms. The largest absolute Gasteiger partial charge is 0.361 e. The summed E-state index contributed by atoms with van der Waals surface area (Å²) in [5.41, 5.74) is 1.61. The fourth-order valence-corrected chi connectivity index (χ4v) is 2.58. The first-order valence-corrected chi connectivity index (χ1v) is 7.01. The van der Waals surface area contributed by atoms with Gasteiger partial charge in [-0.25, -0.2) is 4.98 Å². The monoisotopic (exact) mass is 283 g/mol. The molecular formula is C15H17N5O. The Kier molecular flexibility index (Phi) is 3.84. The molecule has 3 heterocycles. The van der Waals surface area contributed by atoms with Gasteiger partial charge >= 0.3 is 0 Å². The van der Waals surface area contributed by atoms with Crippen LogP contribution in [-0.2, 0) is 6.54 Å². The smallest absolute Gasteiger partial charge is 0.146 e. The quantitative estimate of drug-likeness (QED) is 0.851. The minimum absolute atomic E-state index is 0.637. The SMILES string of the molecule is Cc1cc(CN2CCN(c3ncccc3C#N)CC2)no1. The Morgan fingerprint density at radius 1 is 1.33 bits per heavy atom. The van der Waals surface area contributed by atoms with Crippen molar-refractivity contribution in [1.29, 1.82) is 5.26 Å². The maximum atomic E-state index is 9.15. The van der Waals surface area contributed by atoms with Crippen molar-refractivity contribution in [2.24, 2.45) is 0 Å². The van der Waals surface area contributed by atoms with Gasteiger partial charge in [-0.3, -0.25) is 4.90 Å². The molecule has 1 saturated heterocycles. The lowest BCUT2D eigenvalue weighted by molar-refractivity contribution is 0.241. The van der Waals surface area contributed by atoms with Gasteiger partial charge in [0, 0.05) is 45.0 Å². The van der Waals surface area contributed by atoms with Crippen LogP contribution >= 0.6 is 0 Å². The van der Waals surface area contributed by atoms with Crippen LogP contribution in [0.4, 0.5) is 5.82 Å². The van der Waals surface area contributed by atoms with Crippen molar-refractivity contribution >= 4 is 5.82 Å². The highest BCUT2D eigenvalue weighted by molar-refractivity contribution is 5.53. The zero-order valence-electron chi connectivity index (χ0n) is 12.0. The van der Waals surface area contributed by atoms with E-state index in [2.05, 4.69) is 26.0 Å². The molecular weight excluding hydrogens is 266 g/mol. The van der Waals surface area contributed by atoms with E-state index in [9.17, 15) is 0 Å². The van der Waals surface area contributed by atoms with E-state index < -0.39 is 0 Å². The molecule has 0 atom stereocenters. The minimum Gasteiger partial charge on any atom is -0.361 e. The van der Waals surface area contributed by atoms with Crippen molar-refractivity contribution in [3.8, 4) is 6.07 Å². The number of aryl methyl sites for hydroxylation is 1. The summed E-state index contributed by atoms with van der Waals surface area (Å²) in [6.07, 6.45) is 1.74. The van der Waals surface area contributed by atoms with E-state index in [0.29, 0.717) is 5.56 Å². The summed E-state index contributed by atoms with van der Waals surface area (Å²) in [6.45, 7) is 6.28. The fourth-order valence-electron chi connectivity index (χ4n) is 2.58. The average molecular weight is 283 g/mol. The Labute approximate surface area is 123 Å². The maximum absolute atomic E-state index is 9.15. The summed E-state index contributed by atoms with van der Waals surface area (Å²) in [7, 11) is 0. The highest BCUT2D eigenvalue weighted by Gasteiger charge is 2.20. The van der Waals surface area contributed by atoms with Crippen molar-refractivity contribution in [3.63, 3.8) is 0 Å². The van der Waals surface area contributed by atoms with Gasteiger partial charge in [-0.2, -0.15) is 5.26 Å². The summed E-state index contributed by atoms with van der Waals surface area (Å²) in [6, 6.07) is 7.79. The first-order valence-electron chi connectivity index (χ1n) is 7.01. The molecule has 6 nitrogen and oxygen atoms in total. The third-order valence-corrected chi connectivity index (χ3v) is 3.64. The van der Waals surface area contributed by atoms with Gasteiger partial charge in [0.25, 0.3) is 0 Å². The van der Waals surface area contributed by atoms with Crippen LogP contribution < -0.4 is 4.90 Å². The molecule has 0 N–H and O–H groups in total. The Bertz CT molecular complexity index is 652. The van der Waals surface area contributed by atoms with Gasteiger partial charge < -0.3 is 9.42 Å². The van der Waals surface area contributed by atoms with Gasteiger partial charge in [0.15, 0.2) is 0 Å². The number of hydrogen-bond donors (Lipinski definition) is 0. The second-order valence-electron chi connectivity index (χ2n) is 5.18. The first kappa shape index (κ1) is 13.6. The second kappa shape index (κ2) is 5.94. The van der Waals surface area contributed by atoms with Crippen LogP contribution in [0.25, 0.3) is 0 Å². The van der Waals surface area contributed by atoms with Crippen molar-refractivity contribution in [1.82, 2.24) is 15.0 Å². The molecule has 0 unspecified atom stereocenters. The molecule has 1 aliphatic heterocycles. The van der Waals surface area contributed by atoms with E-state index in [1.165, 1.54) is 0 Å². The number of nitrogens with zero attached hydrogens (tertiary/aromatic N) is 5. The number of anilines is 1. The molecule has 21 heavy (non-hydrogen) atoms. The molecule has 0 saturated carbocycles. The third kappa shape index (κ3) is 3.03. The normalized spacial score (nSPS) is 15.9. The summed E-state index contributed by atoms with van der Waals surface area (Å²) >= 11 is 0.